The third-order valence-electron chi connectivity index (χ3n) is 21.9. The summed E-state index contributed by atoms with van der Waals surface area (Å²) in [5.41, 5.74) is 14.5. The normalized spacial score (nSPS) is 14.3. The summed E-state index contributed by atoms with van der Waals surface area (Å²) in [6.45, 7) is 16.3. The van der Waals surface area contributed by atoms with Crippen molar-refractivity contribution in [2.45, 2.75) is 84.2 Å². The highest BCUT2D eigenvalue weighted by molar-refractivity contribution is 5.91. The highest BCUT2D eigenvalue weighted by atomic mass is 16.5. The molecule has 0 atom stereocenters. The topological polar surface area (TPSA) is 308 Å². The van der Waals surface area contributed by atoms with E-state index in [1.165, 1.54) is 0 Å². The van der Waals surface area contributed by atoms with Crippen LogP contribution in [0.4, 0.5) is 17.5 Å². The van der Waals surface area contributed by atoms with Crippen molar-refractivity contribution in [2.24, 2.45) is 26.6 Å². The number of methoxy groups -OCH3 is 1. The van der Waals surface area contributed by atoms with Crippen LogP contribution in [0.25, 0.3) is 83.3 Å². The summed E-state index contributed by atoms with van der Waals surface area (Å²) >= 11 is 0. The zero-order valence-electron chi connectivity index (χ0n) is 70.5. The summed E-state index contributed by atoms with van der Waals surface area (Å²) in [7, 11) is 11.4. The van der Waals surface area contributed by atoms with Crippen molar-refractivity contribution in [2.75, 3.05) is 134 Å². The molecule has 12 aromatic rings. The highest BCUT2D eigenvalue weighted by Crippen LogP contribution is 2.49. The number of nitriles is 3. The molecule has 30 nitrogen and oxygen atoms in total. The van der Waals surface area contributed by atoms with E-state index >= 15 is 0 Å². The number of fused-ring (bicyclic) bond motifs is 3. The zero-order chi connectivity index (χ0) is 85.4. The van der Waals surface area contributed by atoms with E-state index < -0.39 is 0 Å². The maximum Gasteiger partial charge on any atom is 0.224 e. The molecule has 12 aromatic heterocycles. The monoisotopic (exact) mass is 1630 g/mol. The number of piperazine rings is 3. The Labute approximate surface area is 710 Å². The van der Waals surface area contributed by atoms with Crippen LogP contribution in [0.15, 0.2) is 148 Å². The molecule has 3 aliphatic heterocycles. The van der Waals surface area contributed by atoms with Crippen LogP contribution in [0.3, 0.4) is 0 Å². The van der Waals surface area contributed by atoms with Gasteiger partial charge in [-0.05, 0) is 102 Å². The highest BCUT2D eigenvalue weighted by Gasteiger charge is 2.44. The lowest BCUT2D eigenvalue weighted by molar-refractivity contribution is -0.132. The fourth-order valence-corrected chi connectivity index (χ4v) is 15.0. The lowest BCUT2D eigenvalue weighted by atomic mass is 10.0. The van der Waals surface area contributed by atoms with E-state index in [9.17, 15) is 30.2 Å². The summed E-state index contributed by atoms with van der Waals surface area (Å²) in [4.78, 5) is 67.1. The molecular weight excluding hydrogens is 1540 g/mol. The molecule has 0 aromatic carbocycles. The minimum absolute atomic E-state index is 0.144. The van der Waals surface area contributed by atoms with Crippen LogP contribution in [0.2, 0.25) is 0 Å². The van der Waals surface area contributed by atoms with E-state index in [0.717, 1.165) is 166 Å². The van der Waals surface area contributed by atoms with Crippen molar-refractivity contribution in [3.05, 3.63) is 164 Å². The van der Waals surface area contributed by atoms with E-state index in [1.54, 1.807) is 53.3 Å². The SMILES string of the molecule is CN(C)CCC#CCCC(=O)N1CCN(c2ccc(-c3cc(-c4cnn(C)c4)cn4ncc(C#N)c34)cn2)CC1.COCCC#CCCC(=O)N1CCN(c2ccc(-c3cc(-c4cnn(C)c4)cn4ncc(C#N)c34)cn2)CC1.Cn1cc(-c2cc(-c3ccc(N4CCN(C(=O)CC5(C#CCOC(C)(C)C)CC5)CC4)nc3)c3c(C#N)cnn3c2)cn1. The Morgan fingerprint density at radius 3 is 1.11 bits per heavy atom. The quantitative estimate of drug-likeness (QED) is 0.0505. The second-order valence-electron chi connectivity index (χ2n) is 32.0. The number of hydrogen-bond acceptors (Lipinski definition) is 21. The minimum atomic E-state index is -0.213. The van der Waals surface area contributed by atoms with Gasteiger partial charge in [0.25, 0.3) is 0 Å². The van der Waals surface area contributed by atoms with Crippen LogP contribution in [0.1, 0.15) is 95.2 Å². The van der Waals surface area contributed by atoms with Gasteiger partial charge in [-0.2, -0.15) is 46.4 Å². The number of nitrogens with zero attached hydrogens (tertiary/aromatic N) is 25. The van der Waals surface area contributed by atoms with Gasteiger partial charge in [-0.25, -0.2) is 28.5 Å². The molecule has 0 spiro atoms. The Bertz CT molecular complexity index is 6070. The molecule has 0 radical (unpaired) electrons. The van der Waals surface area contributed by atoms with Gasteiger partial charge in [0.05, 0.1) is 82.6 Å². The first-order valence-corrected chi connectivity index (χ1v) is 41.0. The number of anilines is 3. The molecule has 30 heteroatoms. The van der Waals surface area contributed by atoms with E-state index in [0.29, 0.717) is 108 Å². The fraction of sp³-hybridized carbons (Fsp3) is 0.380. The van der Waals surface area contributed by atoms with Crippen LogP contribution in [-0.4, -0.2) is 236 Å². The first-order chi connectivity index (χ1) is 59.1. The molecule has 3 saturated heterocycles. The summed E-state index contributed by atoms with van der Waals surface area (Å²) in [5, 5.41) is 55.2. The number of carbonyl (C=O) groups is 3. The molecular formula is C92H99N25O5. The van der Waals surface area contributed by atoms with E-state index in [2.05, 4.69) is 122 Å². The van der Waals surface area contributed by atoms with Crippen molar-refractivity contribution in [3.63, 3.8) is 0 Å². The van der Waals surface area contributed by atoms with Gasteiger partial charge >= 0.3 is 0 Å². The predicted octanol–water partition coefficient (Wildman–Crippen LogP) is 10.5. The smallest absolute Gasteiger partial charge is 0.224 e. The Morgan fingerprint density at radius 2 is 0.795 bits per heavy atom. The Balaban J connectivity index is 0.000000150. The number of hydrogen-bond donors (Lipinski definition) is 0. The van der Waals surface area contributed by atoms with Crippen molar-refractivity contribution >= 4 is 51.7 Å². The van der Waals surface area contributed by atoms with Crippen molar-refractivity contribution in [1.82, 2.24) is 92.7 Å². The Kier molecular flexibility index (Phi) is 26.6. The number of rotatable bonds is 20. The molecule has 0 unspecified atom stereocenters. The molecule has 16 rings (SSSR count). The van der Waals surface area contributed by atoms with Gasteiger partial charge in [0.1, 0.15) is 42.3 Å². The van der Waals surface area contributed by atoms with Crippen molar-refractivity contribution < 1.29 is 23.9 Å². The van der Waals surface area contributed by atoms with Gasteiger partial charge in [-0.15, -0.1) is 23.7 Å². The second kappa shape index (κ2) is 38.4. The molecule has 15 heterocycles. The number of aryl methyl sites for hydroxylation is 3. The van der Waals surface area contributed by atoms with Crippen molar-refractivity contribution in [1.29, 1.82) is 15.8 Å². The number of aromatic nitrogens is 15. The molecule has 3 amide bonds. The molecule has 0 N–H and O–H groups in total. The average Bonchev–Trinajstić information content (AvgIpc) is 1.70. The first kappa shape index (κ1) is 84.4. The third-order valence-corrected chi connectivity index (χ3v) is 21.9. The summed E-state index contributed by atoms with van der Waals surface area (Å²) in [6, 6.07) is 25.1. The number of ether oxygens (including phenoxy) is 2. The maximum atomic E-state index is 13.1. The Hall–Kier alpha value is -14.0. The molecule has 622 valence electrons. The van der Waals surface area contributed by atoms with Crippen molar-refractivity contribution in [3.8, 4) is 120 Å². The van der Waals surface area contributed by atoms with Gasteiger partial charge in [-0.1, -0.05) is 11.8 Å². The van der Waals surface area contributed by atoms with E-state index in [-0.39, 0.29) is 28.7 Å². The van der Waals surface area contributed by atoms with Crippen LogP contribution < -0.4 is 14.7 Å². The summed E-state index contributed by atoms with van der Waals surface area (Å²) in [6.07, 6.45) is 33.4. The molecule has 122 heavy (non-hydrogen) atoms. The van der Waals surface area contributed by atoms with Gasteiger partial charge < -0.3 is 43.8 Å². The second-order valence-corrected chi connectivity index (χ2v) is 32.0. The summed E-state index contributed by atoms with van der Waals surface area (Å²) in [5.74, 6) is 21.9. The van der Waals surface area contributed by atoms with Crippen LogP contribution in [0.5, 0.6) is 0 Å². The lowest BCUT2D eigenvalue weighted by Gasteiger charge is -2.36. The first-order valence-electron chi connectivity index (χ1n) is 41.0. The van der Waals surface area contributed by atoms with Gasteiger partial charge in [0.2, 0.25) is 17.7 Å². The molecule has 4 fully saturated rings. The predicted molar refractivity (Wildman–Crippen MR) is 466 cm³/mol. The van der Waals surface area contributed by atoms with E-state index in [4.69, 9.17) is 24.4 Å². The van der Waals surface area contributed by atoms with Gasteiger partial charge in [0, 0.05) is 286 Å². The van der Waals surface area contributed by atoms with Gasteiger partial charge in [-0.3, -0.25) is 28.4 Å². The standard InChI is InChI=1S/C33H36N8O2.C30H33N9O.C29H30N8O2/c1-32(2,3)43-15-5-8-33(9-10-33)17-30(42)40-13-11-39(12-14-40)29-7-6-24(19-35-29)28-16-25(27-21-36-38(4)22-27)23-41-31(28)26(18-34)20-37-41;1-35(2)11-7-5-4-6-8-29(40)38-14-12-37(13-15-38)28-10-9-23(18-32-28)27-16-24(26-20-33-36(3)21-26)22-39-30(27)25(17-31)19-34-39;1-34-20-25(19-32-34)23-15-26(29-24(16-30)18-33-37(29)21-23)22-8-9-27(31-17-22)35-10-12-36(13-11-35)28(38)7-5-3-4-6-14-39-2/h6-7,16,19-23H,9-15,17H2,1-4H3;9-10,16,18-22H,6-8,11-15H2,1-3H3;8-9,15,17-21H,5-7,10-14H2,1-2H3. The van der Waals surface area contributed by atoms with Gasteiger partial charge in [0.15, 0.2) is 0 Å². The number of carbonyl (C=O) groups excluding carboxylic acids is 3. The number of pyridine rings is 6. The maximum absolute atomic E-state index is 13.1. The fourth-order valence-electron chi connectivity index (χ4n) is 15.0. The zero-order valence-corrected chi connectivity index (χ0v) is 70.5. The Morgan fingerprint density at radius 1 is 0.434 bits per heavy atom. The van der Waals surface area contributed by atoms with Crippen LogP contribution >= 0.6 is 0 Å². The number of amides is 3. The summed E-state index contributed by atoms with van der Waals surface area (Å²) < 4.78 is 21.2. The average molecular weight is 1630 g/mol. The minimum Gasteiger partial charge on any atom is -0.384 e. The lowest BCUT2D eigenvalue weighted by Crippen LogP contribution is -2.49. The molecule has 1 saturated carbocycles. The van der Waals surface area contributed by atoms with E-state index in [1.807, 2.05) is 181 Å². The largest absolute Gasteiger partial charge is 0.384 e. The molecule has 4 aliphatic rings. The van der Waals surface area contributed by atoms with Crippen LogP contribution in [-0.2, 0) is 45.0 Å². The third kappa shape index (κ3) is 20.6. The van der Waals surface area contributed by atoms with Crippen LogP contribution in [0, 0.1) is 74.9 Å². The molecule has 1 aliphatic carbocycles. The molecule has 0 bridgehead atoms.